The standard InChI is InChI=1S/C10H11F2NS/c1-6(10(13)14)5-7-8(11)3-2-4-9(7)12/h2-4,6H,5H2,1H3,(H2,13,14). The fourth-order valence-corrected chi connectivity index (χ4v) is 1.22. The maximum absolute atomic E-state index is 13.2. The van der Waals surface area contributed by atoms with E-state index in [0.29, 0.717) is 0 Å². The van der Waals surface area contributed by atoms with Crippen molar-refractivity contribution in [2.24, 2.45) is 11.7 Å². The lowest BCUT2D eigenvalue weighted by Crippen LogP contribution is -2.21. The van der Waals surface area contributed by atoms with Crippen LogP contribution in [0.25, 0.3) is 0 Å². The van der Waals surface area contributed by atoms with E-state index in [4.69, 9.17) is 18.0 Å². The average Bonchev–Trinajstić information content (AvgIpc) is 2.11. The van der Waals surface area contributed by atoms with Crippen molar-refractivity contribution in [1.82, 2.24) is 0 Å². The molecule has 0 aliphatic rings. The molecule has 1 aromatic rings. The molecule has 0 fully saturated rings. The lowest BCUT2D eigenvalue weighted by molar-refractivity contribution is 0.543. The van der Waals surface area contributed by atoms with E-state index in [1.807, 2.05) is 0 Å². The number of nitrogens with two attached hydrogens (primary N) is 1. The van der Waals surface area contributed by atoms with Crippen LogP contribution in [0.5, 0.6) is 0 Å². The maximum atomic E-state index is 13.2. The van der Waals surface area contributed by atoms with Crippen LogP contribution in [-0.2, 0) is 6.42 Å². The fraction of sp³-hybridized carbons (Fsp3) is 0.300. The first-order chi connectivity index (χ1) is 6.52. The fourth-order valence-electron chi connectivity index (χ4n) is 1.13. The molecule has 14 heavy (non-hydrogen) atoms. The van der Waals surface area contributed by atoms with Gasteiger partial charge in [0.2, 0.25) is 0 Å². The van der Waals surface area contributed by atoms with Gasteiger partial charge in [0.25, 0.3) is 0 Å². The van der Waals surface area contributed by atoms with Gasteiger partial charge in [-0.25, -0.2) is 8.78 Å². The van der Waals surface area contributed by atoms with Gasteiger partial charge in [0, 0.05) is 11.5 Å². The molecule has 1 unspecified atom stereocenters. The van der Waals surface area contributed by atoms with E-state index < -0.39 is 11.6 Å². The molecule has 0 saturated heterocycles. The summed E-state index contributed by atoms with van der Waals surface area (Å²) in [7, 11) is 0. The Kier molecular flexibility index (Phi) is 3.52. The molecule has 4 heteroatoms. The highest BCUT2D eigenvalue weighted by Crippen LogP contribution is 2.16. The SMILES string of the molecule is CC(Cc1c(F)cccc1F)C(N)=S. The molecule has 0 radical (unpaired) electrons. The van der Waals surface area contributed by atoms with Crippen molar-refractivity contribution in [2.75, 3.05) is 0 Å². The molecule has 0 saturated carbocycles. The van der Waals surface area contributed by atoms with Crippen LogP contribution in [-0.4, -0.2) is 4.99 Å². The summed E-state index contributed by atoms with van der Waals surface area (Å²) in [5, 5.41) is 0. The van der Waals surface area contributed by atoms with Crippen LogP contribution in [0.15, 0.2) is 18.2 Å². The van der Waals surface area contributed by atoms with Gasteiger partial charge in [-0.05, 0) is 18.6 Å². The summed E-state index contributed by atoms with van der Waals surface area (Å²) < 4.78 is 26.3. The summed E-state index contributed by atoms with van der Waals surface area (Å²) >= 11 is 4.74. The molecule has 1 nitrogen and oxygen atoms in total. The van der Waals surface area contributed by atoms with Crippen LogP contribution >= 0.6 is 12.2 Å². The predicted octanol–water partition coefficient (Wildman–Crippen LogP) is 2.43. The second kappa shape index (κ2) is 4.46. The Morgan fingerprint density at radius 3 is 2.36 bits per heavy atom. The predicted molar refractivity (Wildman–Crippen MR) is 56.0 cm³/mol. The van der Waals surface area contributed by atoms with E-state index in [1.54, 1.807) is 6.92 Å². The number of hydrogen-bond donors (Lipinski definition) is 1. The maximum Gasteiger partial charge on any atom is 0.129 e. The van der Waals surface area contributed by atoms with E-state index in [9.17, 15) is 8.78 Å². The van der Waals surface area contributed by atoms with E-state index in [0.717, 1.165) is 0 Å². The molecule has 2 N–H and O–H groups in total. The summed E-state index contributed by atoms with van der Waals surface area (Å²) in [4.78, 5) is 0.271. The van der Waals surface area contributed by atoms with Crippen molar-refractivity contribution in [3.63, 3.8) is 0 Å². The van der Waals surface area contributed by atoms with E-state index in [-0.39, 0.29) is 22.9 Å². The third-order valence-electron chi connectivity index (χ3n) is 2.06. The number of halogens is 2. The van der Waals surface area contributed by atoms with E-state index in [2.05, 4.69) is 0 Å². The monoisotopic (exact) mass is 215 g/mol. The molecule has 0 aliphatic heterocycles. The summed E-state index contributed by atoms with van der Waals surface area (Å²) in [6, 6.07) is 3.79. The van der Waals surface area contributed by atoms with Crippen LogP contribution in [0.2, 0.25) is 0 Å². The third-order valence-corrected chi connectivity index (χ3v) is 2.46. The summed E-state index contributed by atoms with van der Waals surface area (Å²) in [5.41, 5.74) is 5.42. The van der Waals surface area contributed by atoms with E-state index >= 15 is 0 Å². The molecule has 76 valence electrons. The van der Waals surface area contributed by atoms with Gasteiger partial charge in [-0.2, -0.15) is 0 Å². The Bertz CT molecular complexity index is 332. The van der Waals surface area contributed by atoms with Gasteiger partial charge < -0.3 is 5.73 Å². The molecular weight excluding hydrogens is 204 g/mol. The zero-order valence-corrected chi connectivity index (χ0v) is 8.57. The van der Waals surface area contributed by atoms with Crippen molar-refractivity contribution in [1.29, 1.82) is 0 Å². The van der Waals surface area contributed by atoms with Gasteiger partial charge in [-0.1, -0.05) is 25.2 Å². The van der Waals surface area contributed by atoms with Gasteiger partial charge in [0.05, 0.1) is 4.99 Å². The van der Waals surface area contributed by atoms with Crippen molar-refractivity contribution in [3.05, 3.63) is 35.4 Å². The van der Waals surface area contributed by atoms with Crippen molar-refractivity contribution < 1.29 is 8.78 Å². The molecular formula is C10H11F2NS. The minimum absolute atomic E-state index is 0.0489. The Labute approximate surface area is 86.9 Å². The summed E-state index contributed by atoms with van der Waals surface area (Å²) in [6.45, 7) is 1.74. The minimum atomic E-state index is -0.548. The number of hydrogen-bond acceptors (Lipinski definition) is 1. The van der Waals surface area contributed by atoms with Gasteiger partial charge in [0.1, 0.15) is 11.6 Å². The Morgan fingerprint density at radius 1 is 1.43 bits per heavy atom. The van der Waals surface area contributed by atoms with Crippen LogP contribution in [0.4, 0.5) is 8.78 Å². The topological polar surface area (TPSA) is 26.0 Å². The average molecular weight is 215 g/mol. The largest absolute Gasteiger partial charge is 0.393 e. The summed E-state index contributed by atoms with van der Waals surface area (Å²) in [5.74, 6) is -1.29. The first kappa shape index (κ1) is 11.0. The normalized spacial score (nSPS) is 12.5. The second-order valence-electron chi connectivity index (χ2n) is 3.21. The van der Waals surface area contributed by atoms with Crippen LogP contribution in [0.1, 0.15) is 12.5 Å². The highest BCUT2D eigenvalue weighted by Gasteiger charge is 2.13. The van der Waals surface area contributed by atoms with Crippen molar-refractivity contribution in [2.45, 2.75) is 13.3 Å². The molecule has 0 bridgehead atoms. The zero-order valence-electron chi connectivity index (χ0n) is 7.76. The lowest BCUT2D eigenvalue weighted by atomic mass is 10.0. The molecule has 1 aromatic carbocycles. The first-order valence-corrected chi connectivity index (χ1v) is 4.65. The smallest absolute Gasteiger partial charge is 0.129 e. The zero-order chi connectivity index (χ0) is 10.7. The number of thiocarbonyl (C=S) groups is 1. The molecule has 0 amide bonds. The Hall–Kier alpha value is -1.03. The highest BCUT2D eigenvalue weighted by molar-refractivity contribution is 7.80. The lowest BCUT2D eigenvalue weighted by Gasteiger charge is -2.10. The van der Waals surface area contributed by atoms with Crippen molar-refractivity contribution in [3.8, 4) is 0 Å². The molecule has 1 rings (SSSR count). The highest BCUT2D eigenvalue weighted by atomic mass is 32.1. The third kappa shape index (κ3) is 2.48. The quantitative estimate of drug-likeness (QED) is 0.784. The van der Waals surface area contributed by atoms with Gasteiger partial charge in [-0.15, -0.1) is 0 Å². The van der Waals surface area contributed by atoms with E-state index in [1.165, 1.54) is 18.2 Å². The van der Waals surface area contributed by atoms with Gasteiger partial charge >= 0.3 is 0 Å². The Balaban J connectivity index is 2.91. The van der Waals surface area contributed by atoms with Gasteiger partial charge in [0.15, 0.2) is 0 Å². The van der Waals surface area contributed by atoms with Crippen LogP contribution < -0.4 is 5.73 Å². The molecule has 0 spiro atoms. The molecule has 1 atom stereocenters. The second-order valence-corrected chi connectivity index (χ2v) is 3.68. The van der Waals surface area contributed by atoms with Crippen LogP contribution in [0, 0.1) is 17.6 Å². The van der Waals surface area contributed by atoms with Crippen LogP contribution in [0.3, 0.4) is 0 Å². The van der Waals surface area contributed by atoms with Crippen molar-refractivity contribution >= 4 is 17.2 Å². The number of benzene rings is 1. The Morgan fingerprint density at radius 2 is 1.93 bits per heavy atom. The molecule has 0 heterocycles. The minimum Gasteiger partial charge on any atom is -0.393 e. The van der Waals surface area contributed by atoms with Gasteiger partial charge in [-0.3, -0.25) is 0 Å². The molecule has 0 aromatic heterocycles. The number of rotatable bonds is 3. The summed E-state index contributed by atoms with van der Waals surface area (Å²) in [6.07, 6.45) is 0.202. The molecule has 0 aliphatic carbocycles. The first-order valence-electron chi connectivity index (χ1n) is 4.24.